The Bertz CT molecular complexity index is 822. The molecule has 0 radical (unpaired) electrons. The van der Waals surface area contributed by atoms with Crippen LogP contribution in [0.5, 0.6) is 28.7 Å². The molecule has 1 unspecified atom stereocenters. The topological polar surface area (TPSA) is 89.3 Å². The molecule has 0 aliphatic carbocycles. The van der Waals surface area contributed by atoms with Gasteiger partial charge in [0.05, 0.1) is 35.5 Å². The summed E-state index contributed by atoms with van der Waals surface area (Å²) < 4.78 is 26.6. The van der Waals surface area contributed by atoms with Crippen LogP contribution in [0.15, 0.2) is 30.3 Å². The van der Waals surface area contributed by atoms with E-state index in [1.807, 2.05) is 0 Å². The molecule has 0 amide bonds. The minimum absolute atomic E-state index is 0.172. The molecule has 1 atom stereocenters. The lowest BCUT2D eigenvalue weighted by molar-refractivity contribution is -0.521. The zero-order valence-electron chi connectivity index (χ0n) is 16.7. The van der Waals surface area contributed by atoms with Crippen molar-refractivity contribution in [2.24, 2.45) is 0 Å². The summed E-state index contributed by atoms with van der Waals surface area (Å²) in [4.78, 5) is 11.4. The van der Waals surface area contributed by atoms with Gasteiger partial charge in [0, 0.05) is 23.3 Å². The summed E-state index contributed by atoms with van der Waals surface area (Å²) in [6, 6.07) is 7.90. The molecule has 2 rings (SSSR count). The van der Waals surface area contributed by atoms with E-state index in [-0.39, 0.29) is 17.8 Å². The van der Waals surface area contributed by atoms with E-state index in [4.69, 9.17) is 23.7 Å². The molecule has 152 valence electrons. The van der Waals surface area contributed by atoms with E-state index in [0.29, 0.717) is 34.3 Å². The molecule has 0 aliphatic heterocycles. The van der Waals surface area contributed by atoms with Crippen molar-refractivity contribution in [3.8, 4) is 28.7 Å². The number of rotatable bonds is 10. The third-order valence-corrected chi connectivity index (χ3v) is 4.46. The Balaban J connectivity index is 2.33. The third kappa shape index (κ3) is 4.57. The van der Waals surface area contributed by atoms with Crippen LogP contribution in [0.2, 0.25) is 0 Å². The van der Waals surface area contributed by atoms with E-state index in [0.717, 1.165) is 5.56 Å². The maximum Gasteiger partial charge on any atom is 0.221 e. The zero-order valence-corrected chi connectivity index (χ0v) is 16.7. The van der Waals surface area contributed by atoms with Crippen LogP contribution in [0.4, 0.5) is 0 Å². The van der Waals surface area contributed by atoms with Crippen LogP contribution in [0.3, 0.4) is 0 Å². The van der Waals surface area contributed by atoms with Gasteiger partial charge in [0.1, 0.15) is 0 Å². The van der Waals surface area contributed by atoms with E-state index in [2.05, 4.69) is 0 Å². The van der Waals surface area contributed by atoms with Crippen LogP contribution in [-0.2, 0) is 12.8 Å². The van der Waals surface area contributed by atoms with Gasteiger partial charge in [0.2, 0.25) is 11.8 Å². The highest BCUT2D eigenvalue weighted by atomic mass is 16.6. The number of nitrogens with zero attached hydrogens (tertiary/aromatic N) is 1. The lowest BCUT2D eigenvalue weighted by atomic mass is 9.98. The van der Waals surface area contributed by atoms with E-state index in [9.17, 15) is 10.1 Å². The van der Waals surface area contributed by atoms with Gasteiger partial charge in [0.15, 0.2) is 23.0 Å². The molecule has 0 spiro atoms. The van der Waals surface area contributed by atoms with Crippen molar-refractivity contribution >= 4 is 0 Å². The Morgan fingerprint density at radius 2 is 1.39 bits per heavy atom. The molecule has 0 N–H and O–H groups in total. The Labute approximate surface area is 164 Å². The van der Waals surface area contributed by atoms with Gasteiger partial charge in [-0.3, -0.25) is 10.1 Å². The number of methoxy groups -OCH3 is 5. The SMILES string of the molecule is COc1ccc(CC(Cc2ccc(OC)c(OC)c2OC)[N+](=O)[O-])cc1OC. The molecular weight excluding hydrogens is 366 g/mol. The fourth-order valence-electron chi connectivity index (χ4n) is 3.08. The highest BCUT2D eigenvalue weighted by Gasteiger charge is 2.26. The maximum atomic E-state index is 11.7. The smallest absolute Gasteiger partial charge is 0.221 e. The molecular formula is C20H25NO7. The van der Waals surface area contributed by atoms with Gasteiger partial charge in [-0.1, -0.05) is 12.1 Å². The zero-order chi connectivity index (χ0) is 20.7. The quantitative estimate of drug-likeness (QED) is 0.454. The Morgan fingerprint density at radius 3 is 1.93 bits per heavy atom. The first-order valence-corrected chi connectivity index (χ1v) is 8.61. The van der Waals surface area contributed by atoms with Gasteiger partial charge in [0.25, 0.3) is 0 Å². The molecule has 0 heterocycles. The second kappa shape index (κ2) is 9.68. The second-order valence-electron chi connectivity index (χ2n) is 6.03. The normalized spacial score (nSPS) is 11.5. The van der Waals surface area contributed by atoms with Crippen molar-refractivity contribution in [2.45, 2.75) is 18.9 Å². The molecule has 0 fully saturated rings. The van der Waals surface area contributed by atoms with Crippen molar-refractivity contribution < 1.29 is 28.6 Å². The Hall–Kier alpha value is -3.16. The first-order valence-electron chi connectivity index (χ1n) is 8.61. The first-order chi connectivity index (χ1) is 13.5. The summed E-state index contributed by atoms with van der Waals surface area (Å²) in [5, 5.41) is 11.7. The number of nitro groups is 1. The third-order valence-electron chi connectivity index (χ3n) is 4.46. The summed E-state index contributed by atoms with van der Waals surface area (Å²) in [5.41, 5.74) is 1.45. The summed E-state index contributed by atoms with van der Waals surface area (Å²) in [6.07, 6.45) is 0.399. The Morgan fingerprint density at radius 1 is 0.786 bits per heavy atom. The van der Waals surface area contributed by atoms with Crippen LogP contribution < -0.4 is 23.7 Å². The van der Waals surface area contributed by atoms with Gasteiger partial charge >= 0.3 is 0 Å². The largest absolute Gasteiger partial charge is 0.493 e. The van der Waals surface area contributed by atoms with Crippen molar-refractivity contribution in [1.29, 1.82) is 0 Å². The van der Waals surface area contributed by atoms with E-state index < -0.39 is 6.04 Å². The predicted molar refractivity (Wildman–Crippen MR) is 104 cm³/mol. The van der Waals surface area contributed by atoms with E-state index in [1.165, 1.54) is 28.4 Å². The molecule has 28 heavy (non-hydrogen) atoms. The van der Waals surface area contributed by atoms with Gasteiger partial charge < -0.3 is 23.7 Å². The number of hydrogen-bond donors (Lipinski definition) is 0. The first kappa shape index (κ1) is 21.1. The predicted octanol–water partition coefficient (Wildman–Crippen LogP) is 3.16. The van der Waals surface area contributed by atoms with E-state index in [1.54, 1.807) is 37.4 Å². The van der Waals surface area contributed by atoms with Crippen LogP contribution in [0.25, 0.3) is 0 Å². The van der Waals surface area contributed by atoms with Crippen LogP contribution >= 0.6 is 0 Å². The molecule has 0 aliphatic rings. The number of benzene rings is 2. The summed E-state index contributed by atoms with van der Waals surface area (Å²) >= 11 is 0. The van der Waals surface area contributed by atoms with Crippen molar-refractivity contribution in [3.05, 3.63) is 51.6 Å². The van der Waals surface area contributed by atoms with Crippen LogP contribution in [0.1, 0.15) is 11.1 Å². The van der Waals surface area contributed by atoms with Crippen molar-refractivity contribution in [2.75, 3.05) is 35.5 Å². The average molecular weight is 391 g/mol. The fraction of sp³-hybridized carbons (Fsp3) is 0.400. The van der Waals surface area contributed by atoms with E-state index >= 15 is 0 Å². The summed E-state index contributed by atoms with van der Waals surface area (Å²) in [5.74, 6) is 2.45. The highest BCUT2D eigenvalue weighted by Crippen LogP contribution is 2.40. The lowest BCUT2D eigenvalue weighted by Gasteiger charge is -2.17. The molecule has 0 aromatic heterocycles. The summed E-state index contributed by atoms with van der Waals surface area (Å²) in [7, 11) is 7.59. The average Bonchev–Trinajstić information content (AvgIpc) is 2.72. The van der Waals surface area contributed by atoms with Crippen LogP contribution in [0, 0.1) is 10.1 Å². The second-order valence-corrected chi connectivity index (χ2v) is 6.03. The lowest BCUT2D eigenvalue weighted by Crippen LogP contribution is -2.25. The molecule has 0 saturated carbocycles. The fourth-order valence-corrected chi connectivity index (χ4v) is 3.08. The highest BCUT2D eigenvalue weighted by molar-refractivity contribution is 5.56. The van der Waals surface area contributed by atoms with Gasteiger partial charge in [-0.25, -0.2) is 0 Å². The van der Waals surface area contributed by atoms with Gasteiger partial charge in [-0.05, 0) is 23.8 Å². The molecule has 0 saturated heterocycles. The molecule has 2 aromatic rings. The minimum atomic E-state index is -0.856. The number of hydrogen-bond acceptors (Lipinski definition) is 7. The Kier molecular flexibility index (Phi) is 7.31. The van der Waals surface area contributed by atoms with Crippen LogP contribution in [-0.4, -0.2) is 46.5 Å². The number of ether oxygens (including phenoxy) is 5. The maximum absolute atomic E-state index is 11.7. The summed E-state index contributed by atoms with van der Waals surface area (Å²) in [6.45, 7) is 0. The van der Waals surface area contributed by atoms with Gasteiger partial charge in [-0.2, -0.15) is 0 Å². The molecule has 0 bridgehead atoms. The minimum Gasteiger partial charge on any atom is -0.493 e. The molecule has 2 aromatic carbocycles. The van der Waals surface area contributed by atoms with Gasteiger partial charge in [-0.15, -0.1) is 0 Å². The standard InChI is InChI=1S/C20H25NO7/c1-24-16-8-6-13(11-18(16)26-3)10-15(21(22)23)12-14-7-9-17(25-2)20(28-5)19(14)27-4/h6-9,11,15H,10,12H2,1-5H3. The molecule has 8 heteroatoms. The monoisotopic (exact) mass is 391 g/mol. The van der Waals surface area contributed by atoms with Crippen molar-refractivity contribution in [1.82, 2.24) is 0 Å². The molecule has 8 nitrogen and oxygen atoms in total. The van der Waals surface area contributed by atoms with Crippen molar-refractivity contribution in [3.63, 3.8) is 0 Å².